The van der Waals surface area contributed by atoms with Crippen LogP contribution in [0.25, 0.3) is 0 Å². The molecule has 3 N–H and O–H groups in total. The number of carbonyl (C=O) groups excluding carboxylic acids is 1. The van der Waals surface area contributed by atoms with E-state index in [0.717, 1.165) is 11.3 Å². The van der Waals surface area contributed by atoms with Gasteiger partial charge in [0.05, 0.1) is 12.7 Å². The third kappa shape index (κ3) is 3.71. The summed E-state index contributed by atoms with van der Waals surface area (Å²) in [6.07, 6.45) is 0. The van der Waals surface area contributed by atoms with E-state index in [4.69, 9.17) is 10.5 Å². The second-order valence-corrected chi connectivity index (χ2v) is 7.55. The molecule has 1 atom stereocenters. The smallest absolute Gasteiger partial charge is 0.248 e. The van der Waals surface area contributed by atoms with Gasteiger partial charge in [0.2, 0.25) is 17.0 Å². The highest BCUT2D eigenvalue weighted by molar-refractivity contribution is 7.98. The minimum Gasteiger partial charge on any atom is -0.496 e. The summed E-state index contributed by atoms with van der Waals surface area (Å²) in [5.74, 6) is 1.47. The van der Waals surface area contributed by atoms with Gasteiger partial charge in [-0.3, -0.25) is 4.79 Å². The van der Waals surface area contributed by atoms with Crippen molar-refractivity contribution in [1.29, 1.82) is 0 Å². The fraction of sp³-hybridized carbons (Fsp3) is 0.190. The molecule has 0 saturated carbocycles. The van der Waals surface area contributed by atoms with Gasteiger partial charge in [0.15, 0.2) is 0 Å². The Bertz CT molecular complexity index is 1080. The monoisotopic (exact) mass is 407 g/mol. The minimum absolute atomic E-state index is 0.437. The number of nitrogens with zero attached hydrogens (tertiary/aromatic N) is 3. The van der Waals surface area contributed by atoms with E-state index >= 15 is 0 Å². The summed E-state index contributed by atoms with van der Waals surface area (Å²) >= 11 is 1.54. The number of fused-ring (bicyclic) bond motifs is 1. The van der Waals surface area contributed by atoms with E-state index in [9.17, 15) is 4.79 Å². The van der Waals surface area contributed by atoms with Gasteiger partial charge in [-0.2, -0.15) is 4.98 Å². The molecule has 0 aliphatic carbocycles. The molecule has 1 aliphatic rings. The molecule has 8 heteroatoms. The van der Waals surface area contributed by atoms with Crippen molar-refractivity contribution in [3.63, 3.8) is 0 Å². The van der Waals surface area contributed by atoms with Gasteiger partial charge < -0.3 is 15.8 Å². The Morgan fingerprint density at radius 2 is 1.93 bits per heavy atom. The Labute approximate surface area is 173 Å². The predicted octanol–water partition coefficient (Wildman–Crippen LogP) is 3.35. The molecular formula is C21H21N5O2S. The maximum atomic E-state index is 12.3. The summed E-state index contributed by atoms with van der Waals surface area (Å²) in [6, 6.07) is 17.2. The first-order chi connectivity index (χ1) is 14.1. The van der Waals surface area contributed by atoms with Crippen LogP contribution in [0.15, 0.2) is 71.0 Å². The Morgan fingerprint density at radius 3 is 2.66 bits per heavy atom. The number of benzene rings is 2. The number of methoxy groups -OCH3 is 1. The van der Waals surface area contributed by atoms with Crippen LogP contribution < -0.4 is 15.8 Å². The van der Waals surface area contributed by atoms with E-state index < -0.39 is 11.9 Å². The van der Waals surface area contributed by atoms with Crippen LogP contribution in [0.3, 0.4) is 0 Å². The summed E-state index contributed by atoms with van der Waals surface area (Å²) in [7, 11) is 1.60. The molecule has 0 radical (unpaired) electrons. The van der Waals surface area contributed by atoms with Gasteiger partial charge in [-0.05, 0) is 18.6 Å². The van der Waals surface area contributed by atoms with Gasteiger partial charge in [0, 0.05) is 17.0 Å². The van der Waals surface area contributed by atoms with E-state index in [2.05, 4.69) is 27.5 Å². The molecule has 1 aliphatic heterocycles. The van der Waals surface area contributed by atoms with Crippen molar-refractivity contribution < 1.29 is 9.53 Å². The van der Waals surface area contributed by atoms with Crippen molar-refractivity contribution in [2.24, 2.45) is 5.73 Å². The first-order valence-electron chi connectivity index (χ1n) is 9.12. The highest BCUT2D eigenvalue weighted by atomic mass is 32.2. The average molecular weight is 407 g/mol. The topological polar surface area (TPSA) is 95.1 Å². The Balaban J connectivity index is 1.73. The first-order valence-corrected chi connectivity index (χ1v) is 10.1. The van der Waals surface area contributed by atoms with Crippen LogP contribution in [0.2, 0.25) is 0 Å². The summed E-state index contributed by atoms with van der Waals surface area (Å²) in [5.41, 5.74) is 8.82. The number of primary amides is 1. The molecule has 29 heavy (non-hydrogen) atoms. The number of hydrogen-bond acceptors (Lipinski definition) is 6. The summed E-state index contributed by atoms with van der Waals surface area (Å²) in [4.78, 5) is 16.9. The number of carbonyl (C=O) groups is 1. The van der Waals surface area contributed by atoms with Crippen LogP contribution in [-0.2, 0) is 10.5 Å². The van der Waals surface area contributed by atoms with Crippen LogP contribution in [0, 0.1) is 0 Å². The summed E-state index contributed by atoms with van der Waals surface area (Å²) in [5, 5.41) is 8.46. The second kappa shape index (κ2) is 8.00. The zero-order chi connectivity index (χ0) is 20.4. The number of nitrogens with one attached hydrogen (secondary N) is 1. The summed E-state index contributed by atoms with van der Waals surface area (Å²) in [6.45, 7) is 1.82. The molecule has 0 saturated heterocycles. The van der Waals surface area contributed by atoms with Crippen LogP contribution in [-0.4, -0.2) is 27.8 Å². The number of allylic oxidation sites excluding steroid dienone is 1. The van der Waals surface area contributed by atoms with E-state index in [-0.39, 0.29) is 0 Å². The van der Waals surface area contributed by atoms with Gasteiger partial charge >= 0.3 is 0 Å². The molecule has 0 spiro atoms. The Hall–Kier alpha value is -3.26. The molecule has 4 rings (SSSR count). The number of thioether (sulfide) groups is 1. The van der Waals surface area contributed by atoms with Crippen molar-refractivity contribution in [3.8, 4) is 5.75 Å². The van der Waals surface area contributed by atoms with Crippen molar-refractivity contribution >= 4 is 23.6 Å². The van der Waals surface area contributed by atoms with E-state index in [1.807, 2.05) is 49.4 Å². The number of anilines is 1. The second-order valence-electron chi connectivity index (χ2n) is 6.61. The fourth-order valence-corrected chi connectivity index (χ4v) is 4.20. The largest absolute Gasteiger partial charge is 0.496 e. The van der Waals surface area contributed by atoms with Crippen LogP contribution in [0.4, 0.5) is 5.95 Å². The van der Waals surface area contributed by atoms with Crippen LogP contribution in [0.5, 0.6) is 5.75 Å². The maximum absolute atomic E-state index is 12.3. The van der Waals surface area contributed by atoms with Crippen molar-refractivity contribution in [1.82, 2.24) is 14.8 Å². The first kappa shape index (κ1) is 19.1. The van der Waals surface area contributed by atoms with Crippen molar-refractivity contribution in [3.05, 3.63) is 77.0 Å². The number of hydrogen-bond donors (Lipinski definition) is 2. The lowest BCUT2D eigenvalue weighted by Crippen LogP contribution is -2.32. The summed E-state index contributed by atoms with van der Waals surface area (Å²) < 4.78 is 7.23. The molecule has 1 unspecified atom stereocenters. The Morgan fingerprint density at radius 1 is 1.21 bits per heavy atom. The lowest BCUT2D eigenvalue weighted by molar-refractivity contribution is -0.115. The van der Waals surface area contributed by atoms with Crippen LogP contribution >= 0.6 is 11.8 Å². The standard InChI is InChI=1S/C21H21N5O2S/c1-13-17(19(22)27)18(15-10-6-7-11-16(15)28-2)26-20(23-13)24-21(25-26)29-12-14-8-4-3-5-9-14/h3-11,18H,12H2,1-2H3,(H2,22,27)(H,23,24,25). The quantitative estimate of drug-likeness (QED) is 0.609. The molecule has 1 aromatic heterocycles. The molecule has 3 aromatic rings. The minimum atomic E-state index is -0.515. The highest BCUT2D eigenvalue weighted by Gasteiger charge is 2.34. The molecule has 0 fully saturated rings. The zero-order valence-corrected chi connectivity index (χ0v) is 16.9. The van der Waals surface area contributed by atoms with Gasteiger partial charge in [-0.15, -0.1) is 5.10 Å². The normalized spacial score (nSPS) is 15.6. The number of para-hydroxylation sites is 1. The zero-order valence-electron chi connectivity index (χ0n) is 16.1. The third-order valence-electron chi connectivity index (χ3n) is 4.74. The fourth-order valence-electron chi connectivity index (χ4n) is 3.41. The van der Waals surface area contributed by atoms with Gasteiger partial charge in [-0.1, -0.05) is 60.3 Å². The predicted molar refractivity (Wildman–Crippen MR) is 113 cm³/mol. The number of ether oxygens (including phenoxy) is 1. The van der Waals surface area contributed by atoms with Crippen molar-refractivity contribution in [2.75, 3.05) is 12.4 Å². The number of nitrogens with two attached hydrogens (primary N) is 1. The SMILES string of the molecule is COc1ccccc1C1C(C(N)=O)=C(C)Nc2nc(SCc3ccccc3)nn21. The van der Waals surface area contributed by atoms with Gasteiger partial charge in [0.1, 0.15) is 11.8 Å². The van der Waals surface area contributed by atoms with E-state index in [1.54, 1.807) is 11.8 Å². The number of rotatable bonds is 6. The molecule has 2 aromatic carbocycles. The number of aromatic nitrogens is 3. The van der Waals surface area contributed by atoms with E-state index in [0.29, 0.717) is 28.1 Å². The molecule has 2 heterocycles. The van der Waals surface area contributed by atoms with Gasteiger partial charge in [0.25, 0.3) is 0 Å². The lowest BCUT2D eigenvalue weighted by atomic mass is 9.94. The van der Waals surface area contributed by atoms with Crippen LogP contribution in [0.1, 0.15) is 24.1 Å². The molecule has 148 valence electrons. The average Bonchev–Trinajstić information content (AvgIpc) is 3.14. The number of amides is 1. The lowest BCUT2D eigenvalue weighted by Gasteiger charge is -2.28. The van der Waals surface area contributed by atoms with Crippen molar-refractivity contribution in [2.45, 2.75) is 23.9 Å². The third-order valence-corrected chi connectivity index (χ3v) is 5.65. The molecular weight excluding hydrogens is 386 g/mol. The Kier molecular flexibility index (Phi) is 5.26. The maximum Gasteiger partial charge on any atom is 0.248 e. The molecule has 0 bridgehead atoms. The highest BCUT2D eigenvalue weighted by Crippen LogP contribution is 2.39. The molecule has 7 nitrogen and oxygen atoms in total. The van der Waals surface area contributed by atoms with Gasteiger partial charge in [-0.25, -0.2) is 4.68 Å². The van der Waals surface area contributed by atoms with E-state index in [1.165, 1.54) is 17.3 Å². The molecule has 1 amide bonds.